The number of hydrogen-bond acceptors (Lipinski definition) is 5. The van der Waals surface area contributed by atoms with Gasteiger partial charge in [-0.25, -0.2) is 0 Å². The molecule has 1 aliphatic rings. The Morgan fingerprint density at radius 2 is 1.88 bits per heavy atom. The van der Waals surface area contributed by atoms with E-state index < -0.39 is 17.7 Å². The fourth-order valence-electron chi connectivity index (χ4n) is 2.80. The predicted molar refractivity (Wildman–Crippen MR) is 86.7 cm³/mol. The molecule has 6 nitrogen and oxygen atoms in total. The van der Waals surface area contributed by atoms with Gasteiger partial charge in [-0.15, -0.1) is 0 Å². The second kappa shape index (κ2) is 6.62. The minimum absolute atomic E-state index is 0.108. The first-order chi connectivity index (χ1) is 11.6. The van der Waals surface area contributed by atoms with Crippen LogP contribution in [0, 0.1) is 0 Å². The van der Waals surface area contributed by atoms with Crippen molar-refractivity contribution in [1.82, 2.24) is 14.9 Å². The summed E-state index contributed by atoms with van der Waals surface area (Å²) < 4.78 is 0. The van der Waals surface area contributed by atoms with Gasteiger partial charge in [0.25, 0.3) is 5.91 Å². The van der Waals surface area contributed by atoms with Crippen molar-refractivity contribution in [3.63, 3.8) is 0 Å². The first-order valence-corrected chi connectivity index (χ1v) is 7.71. The third-order valence-corrected chi connectivity index (χ3v) is 3.95. The maximum Gasteiger partial charge on any atom is 0.290 e. The van der Waals surface area contributed by atoms with Crippen molar-refractivity contribution < 1.29 is 14.7 Å². The van der Waals surface area contributed by atoms with Crippen molar-refractivity contribution in [3.8, 4) is 0 Å². The fraction of sp³-hybridized carbons (Fsp3) is 0.222. The maximum absolute atomic E-state index is 12.5. The quantitative estimate of drug-likeness (QED) is 0.913. The molecule has 1 aliphatic heterocycles. The number of pyridine rings is 2. The van der Waals surface area contributed by atoms with Crippen molar-refractivity contribution >= 4 is 11.7 Å². The van der Waals surface area contributed by atoms with Gasteiger partial charge in [-0.3, -0.25) is 19.6 Å². The van der Waals surface area contributed by atoms with E-state index in [2.05, 4.69) is 9.97 Å². The molecule has 0 saturated carbocycles. The number of ketones is 1. The van der Waals surface area contributed by atoms with E-state index in [-0.39, 0.29) is 24.3 Å². The van der Waals surface area contributed by atoms with Crippen molar-refractivity contribution in [3.05, 3.63) is 71.5 Å². The topological polar surface area (TPSA) is 83.4 Å². The van der Waals surface area contributed by atoms with Crippen LogP contribution in [0.4, 0.5) is 0 Å². The van der Waals surface area contributed by atoms with E-state index in [1.54, 1.807) is 49.6 Å². The van der Waals surface area contributed by atoms with Crippen LogP contribution in [-0.4, -0.2) is 31.7 Å². The Hall–Kier alpha value is -3.02. The molecule has 6 heteroatoms. The second-order valence-electron chi connectivity index (χ2n) is 5.45. The number of carbonyl (C=O) groups is 2. The zero-order valence-corrected chi connectivity index (χ0v) is 13.2. The predicted octanol–water partition coefficient (Wildman–Crippen LogP) is 2.35. The molecule has 0 bridgehead atoms. The van der Waals surface area contributed by atoms with Gasteiger partial charge in [-0.1, -0.05) is 19.1 Å². The Morgan fingerprint density at radius 3 is 2.46 bits per heavy atom. The van der Waals surface area contributed by atoms with Crippen LogP contribution in [0.2, 0.25) is 0 Å². The molecule has 0 aliphatic carbocycles. The van der Waals surface area contributed by atoms with Crippen LogP contribution >= 0.6 is 0 Å². The smallest absolute Gasteiger partial charge is 0.290 e. The number of Topliss-reactive ketones (excluding diaryl/α,β-unsaturated/α-hetero) is 1. The molecule has 1 atom stereocenters. The van der Waals surface area contributed by atoms with Crippen molar-refractivity contribution in [2.75, 3.05) is 0 Å². The van der Waals surface area contributed by atoms with Crippen LogP contribution in [0.25, 0.3) is 0 Å². The van der Waals surface area contributed by atoms with Gasteiger partial charge in [-0.05, 0) is 24.3 Å². The Balaban J connectivity index is 2.04. The summed E-state index contributed by atoms with van der Waals surface area (Å²) in [6, 6.07) is 9.98. The molecule has 2 aromatic heterocycles. The van der Waals surface area contributed by atoms with Gasteiger partial charge >= 0.3 is 0 Å². The average molecular weight is 323 g/mol. The summed E-state index contributed by atoms with van der Waals surface area (Å²) in [7, 11) is 0. The highest BCUT2D eigenvalue weighted by atomic mass is 16.3. The van der Waals surface area contributed by atoms with Crippen LogP contribution in [0.1, 0.15) is 30.8 Å². The molecule has 3 rings (SSSR count). The van der Waals surface area contributed by atoms with Crippen LogP contribution in [0.15, 0.2) is 60.1 Å². The summed E-state index contributed by atoms with van der Waals surface area (Å²) >= 11 is 0. The molecule has 3 heterocycles. The maximum atomic E-state index is 12.5. The Labute approximate surface area is 139 Å². The van der Waals surface area contributed by atoms with Gasteiger partial charge < -0.3 is 10.0 Å². The number of amides is 1. The molecule has 0 fully saturated rings. The highest BCUT2D eigenvalue weighted by Gasteiger charge is 2.43. The van der Waals surface area contributed by atoms with Crippen LogP contribution in [-0.2, 0) is 16.1 Å². The molecule has 24 heavy (non-hydrogen) atoms. The number of carbonyl (C=O) groups excluding carboxylic acids is 2. The van der Waals surface area contributed by atoms with E-state index in [4.69, 9.17) is 0 Å². The molecule has 1 unspecified atom stereocenters. The second-order valence-corrected chi connectivity index (χ2v) is 5.45. The monoisotopic (exact) mass is 323 g/mol. The normalized spacial score (nSPS) is 17.5. The molecular weight excluding hydrogens is 306 g/mol. The molecule has 122 valence electrons. The third-order valence-electron chi connectivity index (χ3n) is 3.95. The minimum atomic E-state index is -0.701. The number of aromatic nitrogens is 2. The number of nitrogens with zero attached hydrogens (tertiary/aromatic N) is 3. The summed E-state index contributed by atoms with van der Waals surface area (Å²) in [5.74, 6) is -1.33. The van der Waals surface area contributed by atoms with Crippen LogP contribution in [0.5, 0.6) is 0 Å². The molecule has 2 aromatic rings. The highest BCUT2D eigenvalue weighted by molar-refractivity contribution is 6.08. The SMILES string of the molecule is CCC(=O)C1=C(O)C(=O)N(Cc2ccccn2)C1c1ccccn1. The molecule has 0 aromatic carbocycles. The van der Waals surface area contributed by atoms with E-state index in [0.717, 1.165) is 0 Å². The van der Waals surface area contributed by atoms with Gasteiger partial charge in [-0.2, -0.15) is 0 Å². The van der Waals surface area contributed by atoms with Gasteiger partial charge in [0, 0.05) is 18.8 Å². The van der Waals surface area contributed by atoms with Gasteiger partial charge in [0.1, 0.15) is 6.04 Å². The molecule has 0 spiro atoms. The highest BCUT2D eigenvalue weighted by Crippen LogP contribution is 2.38. The van der Waals surface area contributed by atoms with Crippen molar-refractivity contribution in [2.45, 2.75) is 25.9 Å². The lowest BCUT2D eigenvalue weighted by Gasteiger charge is -2.25. The zero-order valence-electron chi connectivity index (χ0n) is 13.2. The van der Waals surface area contributed by atoms with E-state index in [1.807, 2.05) is 6.07 Å². The van der Waals surface area contributed by atoms with Crippen LogP contribution in [0.3, 0.4) is 0 Å². The van der Waals surface area contributed by atoms with E-state index in [0.29, 0.717) is 11.4 Å². The number of aliphatic hydroxyl groups excluding tert-OH is 1. The van der Waals surface area contributed by atoms with E-state index in [1.165, 1.54) is 4.90 Å². The lowest BCUT2D eigenvalue weighted by Crippen LogP contribution is -2.31. The number of aliphatic hydroxyl groups is 1. The standard InChI is InChI=1S/C18H17N3O3/c1-2-14(22)15-16(13-8-4-6-10-20-13)21(18(24)17(15)23)11-12-7-3-5-9-19-12/h3-10,16,23H,2,11H2,1H3. The summed E-state index contributed by atoms with van der Waals surface area (Å²) in [4.78, 5) is 34.8. The van der Waals surface area contributed by atoms with Crippen LogP contribution < -0.4 is 0 Å². The Kier molecular flexibility index (Phi) is 4.37. The van der Waals surface area contributed by atoms with E-state index >= 15 is 0 Å². The fourth-order valence-corrected chi connectivity index (χ4v) is 2.80. The molecular formula is C18H17N3O3. The Morgan fingerprint density at radius 1 is 1.17 bits per heavy atom. The lowest BCUT2D eigenvalue weighted by atomic mass is 9.98. The molecule has 0 radical (unpaired) electrons. The average Bonchev–Trinajstić information content (AvgIpc) is 2.87. The van der Waals surface area contributed by atoms with Gasteiger partial charge in [0.15, 0.2) is 11.5 Å². The number of rotatable bonds is 5. The Bertz CT molecular complexity index is 788. The number of hydrogen-bond donors (Lipinski definition) is 1. The summed E-state index contributed by atoms with van der Waals surface area (Å²) in [5, 5.41) is 10.3. The first kappa shape index (κ1) is 15.9. The molecule has 1 N–H and O–H groups in total. The van der Waals surface area contributed by atoms with E-state index in [9.17, 15) is 14.7 Å². The molecule has 0 saturated heterocycles. The third kappa shape index (κ3) is 2.78. The zero-order chi connectivity index (χ0) is 17.1. The molecule has 1 amide bonds. The lowest BCUT2D eigenvalue weighted by molar-refractivity contribution is -0.130. The largest absolute Gasteiger partial charge is 0.503 e. The van der Waals surface area contributed by atoms with Gasteiger partial charge in [0.2, 0.25) is 0 Å². The van der Waals surface area contributed by atoms with Gasteiger partial charge in [0.05, 0.1) is 23.5 Å². The van der Waals surface area contributed by atoms with Crippen molar-refractivity contribution in [2.24, 2.45) is 0 Å². The summed E-state index contributed by atoms with van der Waals surface area (Å²) in [5.41, 5.74) is 1.32. The summed E-state index contributed by atoms with van der Waals surface area (Å²) in [6.07, 6.45) is 3.44. The minimum Gasteiger partial charge on any atom is -0.503 e. The first-order valence-electron chi connectivity index (χ1n) is 7.71. The van der Waals surface area contributed by atoms with Crippen molar-refractivity contribution in [1.29, 1.82) is 0 Å². The summed E-state index contributed by atoms with van der Waals surface area (Å²) in [6.45, 7) is 1.88.